The summed E-state index contributed by atoms with van der Waals surface area (Å²) < 4.78 is 6.24. The molecule has 290 valence electrons. The zero-order valence-electron chi connectivity index (χ0n) is 33.9. The van der Waals surface area contributed by atoms with Gasteiger partial charge in [-0.1, -0.05) is 176 Å². The third kappa shape index (κ3) is 6.29. The Morgan fingerprint density at radius 3 is 1.37 bits per heavy atom. The number of hydrogen-bond donors (Lipinski definition) is 0. The lowest BCUT2D eigenvalue weighted by atomic mass is 9.96. The zero-order chi connectivity index (χ0) is 41.0. The molecule has 0 aliphatic carbocycles. The van der Waals surface area contributed by atoms with E-state index in [0.717, 1.165) is 50.1 Å². The topological polar surface area (TPSA) is 16.4 Å². The van der Waals surface area contributed by atoms with Crippen LogP contribution in [0.25, 0.3) is 98.8 Å². The summed E-state index contributed by atoms with van der Waals surface area (Å²) in [5.41, 5.74) is 14.5. The highest BCUT2D eigenvalue weighted by Crippen LogP contribution is 2.41. The molecule has 0 amide bonds. The molecule has 0 bridgehead atoms. The summed E-state index contributed by atoms with van der Waals surface area (Å²) >= 11 is 0. The second kappa shape index (κ2) is 14.8. The molecule has 0 aliphatic heterocycles. The maximum Gasteiger partial charge on any atom is 0.136 e. The van der Waals surface area contributed by atoms with Crippen molar-refractivity contribution in [3.8, 4) is 44.5 Å². The van der Waals surface area contributed by atoms with Gasteiger partial charge in [-0.05, 0) is 137 Å². The highest BCUT2D eigenvalue weighted by molar-refractivity contribution is 6.12. The van der Waals surface area contributed by atoms with Gasteiger partial charge < -0.3 is 9.32 Å². The van der Waals surface area contributed by atoms with Crippen molar-refractivity contribution < 1.29 is 4.42 Å². The molecule has 0 fully saturated rings. The van der Waals surface area contributed by atoms with Gasteiger partial charge in [0.05, 0.1) is 0 Å². The summed E-state index contributed by atoms with van der Waals surface area (Å²) in [4.78, 5) is 2.34. The minimum absolute atomic E-state index is 0.901. The van der Waals surface area contributed by atoms with Gasteiger partial charge in [0, 0.05) is 27.8 Å². The van der Waals surface area contributed by atoms with Crippen LogP contribution in [0.4, 0.5) is 17.1 Å². The minimum Gasteiger partial charge on any atom is -0.456 e. The summed E-state index contributed by atoms with van der Waals surface area (Å²) in [5, 5.41) is 9.88. The smallest absolute Gasteiger partial charge is 0.136 e. The van der Waals surface area contributed by atoms with Crippen molar-refractivity contribution in [1.82, 2.24) is 0 Å². The molecule has 12 aromatic rings. The minimum atomic E-state index is 0.901. The molecule has 0 unspecified atom stereocenters. The van der Waals surface area contributed by atoms with Crippen LogP contribution in [0.1, 0.15) is 0 Å². The van der Waals surface area contributed by atoms with Crippen molar-refractivity contribution >= 4 is 71.3 Å². The zero-order valence-corrected chi connectivity index (χ0v) is 33.9. The predicted molar refractivity (Wildman–Crippen MR) is 263 cm³/mol. The monoisotopic (exact) mass is 789 g/mol. The third-order valence-electron chi connectivity index (χ3n) is 12.5. The Morgan fingerprint density at radius 2 is 0.694 bits per heavy atom. The molecular weight excluding hydrogens is 751 g/mol. The van der Waals surface area contributed by atoms with Crippen LogP contribution in [0.15, 0.2) is 241 Å². The van der Waals surface area contributed by atoms with Crippen molar-refractivity contribution in [2.45, 2.75) is 0 Å². The molecular formula is C60H39NO. The molecule has 0 saturated heterocycles. The molecule has 2 heteroatoms. The van der Waals surface area contributed by atoms with E-state index in [1.54, 1.807) is 0 Å². The standard InChI is InChI=1S/C60H39NO/c1-2-10-47-38-48(22-20-40(47)8-1)44-26-33-52(34-27-44)61(53-35-28-46(29-36-53)56-13-7-15-59-60(56)57-12-5-6-14-58(57)62-59)51-31-24-42(25-32-51)41-16-18-43(19-17-41)49-30-37-55-50(39-49)23-21-45-9-3-4-11-54(45)55/h1-39H. The Balaban J connectivity index is 0.880. The summed E-state index contributed by atoms with van der Waals surface area (Å²) in [5.74, 6) is 0. The van der Waals surface area contributed by atoms with Gasteiger partial charge in [-0.15, -0.1) is 0 Å². The molecule has 2 nitrogen and oxygen atoms in total. The summed E-state index contributed by atoms with van der Waals surface area (Å²) in [6.07, 6.45) is 0. The Hall–Kier alpha value is -8.20. The van der Waals surface area contributed by atoms with Gasteiger partial charge in [-0.3, -0.25) is 0 Å². The number of anilines is 3. The highest BCUT2D eigenvalue weighted by atomic mass is 16.3. The molecule has 1 heterocycles. The third-order valence-corrected chi connectivity index (χ3v) is 12.5. The average molecular weight is 790 g/mol. The molecule has 0 saturated carbocycles. The summed E-state index contributed by atoms with van der Waals surface area (Å²) in [6, 6.07) is 85.5. The number of para-hydroxylation sites is 1. The predicted octanol–water partition coefficient (Wildman–Crippen LogP) is 17.2. The molecule has 0 atom stereocenters. The second-order valence-electron chi connectivity index (χ2n) is 16.1. The molecule has 0 radical (unpaired) electrons. The van der Waals surface area contributed by atoms with Crippen LogP contribution in [0, 0.1) is 0 Å². The van der Waals surface area contributed by atoms with E-state index in [1.165, 1.54) is 65.7 Å². The van der Waals surface area contributed by atoms with E-state index in [0.29, 0.717) is 0 Å². The number of furan rings is 1. The van der Waals surface area contributed by atoms with Gasteiger partial charge in [0.1, 0.15) is 11.2 Å². The molecule has 1 aromatic heterocycles. The van der Waals surface area contributed by atoms with Crippen LogP contribution in [0.2, 0.25) is 0 Å². The van der Waals surface area contributed by atoms with Crippen molar-refractivity contribution in [1.29, 1.82) is 0 Å². The van der Waals surface area contributed by atoms with Crippen molar-refractivity contribution in [3.05, 3.63) is 237 Å². The second-order valence-corrected chi connectivity index (χ2v) is 16.1. The van der Waals surface area contributed by atoms with Crippen LogP contribution < -0.4 is 4.90 Å². The maximum absolute atomic E-state index is 6.24. The Kier molecular flexibility index (Phi) is 8.53. The van der Waals surface area contributed by atoms with E-state index >= 15 is 0 Å². The van der Waals surface area contributed by atoms with E-state index in [1.807, 2.05) is 12.1 Å². The number of hydrogen-bond acceptors (Lipinski definition) is 2. The van der Waals surface area contributed by atoms with Gasteiger partial charge in [0.2, 0.25) is 0 Å². The van der Waals surface area contributed by atoms with Gasteiger partial charge in [-0.2, -0.15) is 0 Å². The van der Waals surface area contributed by atoms with Crippen LogP contribution in [-0.2, 0) is 0 Å². The van der Waals surface area contributed by atoms with Crippen LogP contribution >= 0.6 is 0 Å². The molecule has 0 aliphatic rings. The quantitative estimate of drug-likeness (QED) is 0.150. The first-order valence-electron chi connectivity index (χ1n) is 21.2. The fourth-order valence-corrected chi connectivity index (χ4v) is 9.28. The van der Waals surface area contributed by atoms with Crippen molar-refractivity contribution in [2.24, 2.45) is 0 Å². The first-order valence-corrected chi connectivity index (χ1v) is 21.2. The van der Waals surface area contributed by atoms with Crippen molar-refractivity contribution in [2.75, 3.05) is 4.90 Å². The Labute approximate surface area is 360 Å². The average Bonchev–Trinajstić information content (AvgIpc) is 3.74. The molecule has 12 rings (SSSR count). The van der Waals surface area contributed by atoms with Crippen molar-refractivity contribution in [3.63, 3.8) is 0 Å². The van der Waals surface area contributed by atoms with Crippen LogP contribution in [0.3, 0.4) is 0 Å². The number of fused-ring (bicyclic) bond motifs is 7. The normalized spacial score (nSPS) is 11.5. The number of rotatable bonds is 7. The maximum atomic E-state index is 6.24. The molecule has 0 spiro atoms. The molecule has 62 heavy (non-hydrogen) atoms. The largest absolute Gasteiger partial charge is 0.456 e. The summed E-state index contributed by atoms with van der Waals surface area (Å²) in [6.45, 7) is 0. The summed E-state index contributed by atoms with van der Waals surface area (Å²) in [7, 11) is 0. The fourth-order valence-electron chi connectivity index (χ4n) is 9.28. The van der Waals surface area contributed by atoms with Gasteiger partial charge in [-0.25, -0.2) is 0 Å². The molecule has 11 aromatic carbocycles. The lowest BCUT2D eigenvalue weighted by Crippen LogP contribution is -2.09. The van der Waals surface area contributed by atoms with E-state index in [4.69, 9.17) is 4.42 Å². The molecule has 0 N–H and O–H groups in total. The first kappa shape index (κ1) is 35.7. The number of benzene rings is 11. The highest BCUT2D eigenvalue weighted by Gasteiger charge is 2.16. The van der Waals surface area contributed by atoms with Gasteiger partial charge in [0.15, 0.2) is 0 Å². The lowest BCUT2D eigenvalue weighted by Gasteiger charge is -2.26. The van der Waals surface area contributed by atoms with E-state index in [2.05, 4.69) is 229 Å². The fraction of sp³-hybridized carbons (Fsp3) is 0. The first-order chi connectivity index (χ1) is 30.7. The van der Waals surface area contributed by atoms with E-state index in [-0.39, 0.29) is 0 Å². The Morgan fingerprint density at radius 1 is 0.258 bits per heavy atom. The van der Waals surface area contributed by atoms with E-state index in [9.17, 15) is 0 Å². The number of nitrogens with zero attached hydrogens (tertiary/aromatic N) is 1. The lowest BCUT2D eigenvalue weighted by molar-refractivity contribution is 0.669. The Bertz CT molecular complexity index is 3600. The SMILES string of the molecule is c1ccc2cc(-c3ccc(N(c4ccc(-c5ccc(-c6ccc7c(ccc8ccccc87)c6)cc5)cc4)c4ccc(-c5cccc6oc7ccccc7c56)cc4)cc3)ccc2c1. The van der Waals surface area contributed by atoms with Crippen LogP contribution in [0.5, 0.6) is 0 Å². The van der Waals surface area contributed by atoms with E-state index < -0.39 is 0 Å². The van der Waals surface area contributed by atoms with Crippen LogP contribution in [-0.4, -0.2) is 0 Å². The van der Waals surface area contributed by atoms with Gasteiger partial charge >= 0.3 is 0 Å². The van der Waals surface area contributed by atoms with Gasteiger partial charge in [0.25, 0.3) is 0 Å².